The summed E-state index contributed by atoms with van der Waals surface area (Å²) in [4.78, 5) is 12.2. The topological polar surface area (TPSA) is 93.0 Å². The predicted molar refractivity (Wildman–Crippen MR) is 88.5 cm³/mol. The zero-order valence-electron chi connectivity index (χ0n) is 13.0. The predicted octanol–water partition coefficient (Wildman–Crippen LogP) is 2.57. The number of benzene rings is 1. The largest absolute Gasteiger partial charge is 0.435 e. The Hall–Kier alpha value is -2.19. The minimum atomic E-state index is -2.91. The summed E-state index contributed by atoms with van der Waals surface area (Å²) in [6, 6.07) is 6.05. The van der Waals surface area contributed by atoms with Gasteiger partial charge in [0, 0.05) is 18.2 Å². The lowest BCUT2D eigenvalue weighted by Gasteiger charge is -2.09. The highest BCUT2D eigenvalue weighted by Crippen LogP contribution is 2.25. The molecule has 2 aromatic rings. The van der Waals surface area contributed by atoms with Crippen LogP contribution in [0.4, 0.5) is 8.78 Å². The van der Waals surface area contributed by atoms with Gasteiger partial charge in [-0.2, -0.15) is 13.9 Å². The van der Waals surface area contributed by atoms with Crippen LogP contribution in [0, 0.1) is 0 Å². The van der Waals surface area contributed by atoms with Crippen molar-refractivity contribution in [3.63, 3.8) is 0 Å². The second kappa shape index (κ2) is 9.19. The maximum atomic E-state index is 12.3. The van der Waals surface area contributed by atoms with Crippen molar-refractivity contribution in [3.8, 4) is 17.0 Å². The number of aromatic amines is 1. The van der Waals surface area contributed by atoms with E-state index in [0.29, 0.717) is 29.8 Å². The number of carbonyl (C=O) groups is 1. The van der Waals surface area contributed by atoms with E-state index in [1.807, 2.05) is 6.92 Å². The number of nitrogens with one attached hydrogen (secondary N) is 2. The number of aromatic nitrogens is 2. The molecule has 0 fully saturated rings. The minimum Gasteiger partial charge on any atom is -0.435 e. The van der Waals surface area contributed by atoms with Gasteiger partial charge in [-0.15, -0.1) is 12.4 Å². The molecule has 132 valence electrons. The van der Waals surface area contributed by atoms with Gasteiger partial charge >= 0.3 is 6.61 Å². The van der Waals surface area contributed by atoms with E-state index in [4.69, 9.17) is 5.73 Å². The van der Waals surface area contributed by atoms with Gasteiger partial charge in [0.05, 0.1) is 17.5 Å². The van der Waals surface area contributed by atoms with Crippen LogP contribution in [0.3, 0.4) is 0 Å². The molecule has 1 atom stereocenters. The summed E-state index contributed by atoms with van der Waals surface area (Å²) >= 11 is 0. The molecule has 1 aromatic heterocycles. The molecule has 1 aromatic carbocycles. The molecule has 0 aliphatic heterocycles. The van der Waals surface area contributed by atoms with Crippen LogP contribution in [0.15, 0.2) is 30.5 Å². The molecule has 24 heavy (non-hydrogen) atoms. The van der Waals surface area contributed by atoms with Crippen LogP contribution < -0.4 is 15.8 Å². The maximum absolute atomic E-state index is 12.3. The van der Waals surface area contributed by atoms with Crippen LogP contribution in [-0.2, 0) is 0 Å². The van der Waals surface area contributed by atoms with Crippen LogP contribution in [0.25, 0.3) is 11.3 Å². The number of carbonyl (C=O) groups excluding carboxylic acids is 1. The van der Waals surface area contributed by atoms with Crippen LogP contribution in [0.1, 0.15) is 23.7 Å². The molecule has 0 saturated carbocycles. The van der Waals surface area contributed by atoms with Crippen molar-refractivity contribution in [2.24, 2.45) is 5.73 Å². The first kappa shape index (κ1) is 19.9. The molecule has 6 nitrogen and oxygen atoms in total. The average Bonchev–Trinajstić information content (AvgIpc) is 2.95. The molecule has 0 bridgehead atoms. The number of hydrogen-bond acceptors (Lipinski definition) is 4. The summed E-state index contributed by atoms with van der Waals surface area (Å²) in [6.45, 7) is -0.618. The van der Waals surface area contributed by atoms with Crippen molar-refractivity contribution < 1.29 is 18.3 Å². The van der Waals surface area contributed by atoms with Crippen LogP contribution in [-0.4, -0.2) is 35.3 Å². The van der Waals surface area contributed by atoms with Gasteiger partial charge in [0.1, 0.15) is 5.75 Å². The molecular weight excluding hydrogens is 342 g/mol. The Labute approximate surface area is 144 Å². The molecule has 0 radical (unpaired) electrons. The van der Waals surface area contributed by atoms with Crippen LogP contribution in [0.5, 0.6) is 5.75 Å². The highest BCUT2D eigenvalue weighted by molar-refractivity contribution is 5.99. The first-order valence-electron chi connectivity index (χ1n) is 7.09. The number of nitrogens with zero attached hydrogens (tertiary/aromatic N) is 1. The van der Waals surface area contributed by atoms with E-state index in [1.165, 1.54) is 18.3 Å². The zero-order chi connectivity index (χ0) is 16.8. The number of amides is 1. The Morgan fingerprint density at radius 2 is 2.21 bits per heavy atom. The Bertz CT molecular complexity index is 664. The minimum absolute atomic E-state index is 0. The second-order valence-corrected chi connectivity index (χ2v) is 5.09. The van der Waals surface area contributed by atoms with Crippen molar-refractivity contribution in [2.45, 2.75) is 26.0 Å². The molecule has 4 N–H and O–H groups in total. The summed E-state index contributed by atoms with van der Waals surface area (Å²) < 4.78 is 28.9. The van der Waals surface area contributed by atoms with E-state index in [0.717, 1.165) is 0 Å². The summed E-state index contributed by atoms with van der Waals surface area (Å²) in [6.07, 6.45) is 2.04. The maximum Gasteiger partial charge on any atom is 0.387 e. The number of alkyl halides is 2. The van der Waals surface area contributed by atoms with Crippen LogP contribution in [0.2, 0.25) is 0 Å². The van der Waals surface area contributed by atoms with Crippen molar-refractivity contribution in [2.75, 3.05) is 6.54 Å². The molecule has 1 heterocycles. The van der Waals surface area contributed by atoms with Gasteiger partial charge in [-0.05, 0) is 25.5 Å². The normalized spacial score (nSPS) is 11.7. The van der Waals surface area contributed by atoms with Gasteiger partial charge < -0.3 is 15.8 Å². The molecule has 0 aliphatic rings. The first-order chi connectivity index (χ1) is 11.0. The Kier molecular flexibility index (Phi) is 7.60. The molecule has 0 saturated heterocycles. The van der Waals surface area contributed by atoms with Gasteiger partial charge in [-0.3, -0.25) is 9.89 Å². The molecule has 1 amide bonds. The van der Waals surface area contributed by atoms with E-state index in [-0.39, 0.29) is 30.1 Å². The van der Waals surface area contributed by atoms with E-state index in [2.05, 4.69) is 20.3 Å². The summed E-state index contributed by atoms with van der Waals surface area (Å²) in [5.74, 6) is -0.301. The number of H-pyrrole nitrogens is 1. The van der Waals surface area contributed by atoms with Crippen molar-refractivity contribution in [1.82, 2.24) is 15.5 Å². The van der Waals surface area contributed by atoms with Gasteiger partial charge in [0.25, 0.3) is 5.91 Å². The Balaban J connectivity index is 0.00000288. The zero-order valence-corrected chi connectivity index (χ0v) is 13.8. The van der Waals surface area contributed by atoms with E-state index in [1.54, 1.807) is 12.1 Å². The Morgan fingerprint density at radius 1 is 1.46 bits per heavy atom. The average molecular weight is 361 g/mol. The van der Waals surface area contributed by atoms with E-state index >= 15 is 0 Å². The molecule has 0 aliphatic carbocycles. The van der Waals surface area contributed by atoms with Crippen molar-refractivity contribution in [3.05, 3.63) is 36.0 Å². The summed E-state index contributed by atoms with van der Waals surface area (Å²) in [7, 11) is 0. The molecule has 1 unspecified atom stereocenters. The van der Waals surface area contributed by atoms with Gasteiger partial charge in [-0.25, -0.2) is 0 Å². The number of hydrogen-bond donors (Lipinski definition) is 3. The number of rotatable bonds is 7. The lowest BCUT2D eigenvalue weighted by Crippen LogP contribution is -2.29. The molecule has 0 spiro atoms. The fraction of sp³-hybridized carbons (Fsp3) is 0.333. The van der Waals surface area contributed by atoms with Gasteiger partial charge in [0.2, 0.25) is 0 Å². The van der Waals surface area contributed by atoms with E-state index in [9.17, 15) is 13.6 Å². The third kappa shape index (κ3) is 5.47. The second-order valence-electron chi connectivity index (χ2n) is 5.09. The lowest BCUT2D eigenvalue weighted by molar-refractivity contribution is -0.0498. The number of nitrogens with two attached hydrogens (primary N) is 1. The Morgan fingerprint density at radius 3 is 2.88 bits per heavy atom. The third-order valence-electron chi connectivity index (χ3n) is 3.12. The number of ether oxygens (including phenoxy) is 1. The number of halogens is 3. The quantitative estimate of drug-likeness (QED) is 0.707. The summed E-state index contributed by atoms with van der Waals surface area (Å²) in [5, 5.41) is 9.30. The third-order valence-corrected chi connectivity index (χ3v) is 3.12. The van der Waals surface area contributed by atoms with Crippen LogP contribution >= 0.6 is 12.4 Å². The standard InChI is InChI=1S/C15H18F2N4O2.ClH/c1-9(18)5-6-19-14(22)12-8-20-21-13(12)10-3-2-4-11(7-10)23-15(16)17;/h2-4,7-9,15H,5-6,18H2,1H3,(H,19,22)(H,20,21);1H. The monoisotopic (exact) mass is 360 g/mol. The fourth-order valence-electron chi connectivity index (χ4n) is 2.01. The fourth-order valence-corrected chi connectivity index (χ4v) is 2.01. The van der Waals surface area contributed by atoms with Crippen molar-refractivity contribution >= 4 is 18.3 Å². The highest BCUT2D eigenvalue weighted by Gasteiger charge is 2.16. The van der Waals surface area contributed by atoms with E-state index < -0.39 is 6.61 Å². The molecule has 9 heteroatoms. The SMILES string of the molecule is CC(N)CCNC(=O)c1cn[nH]c1-c1cccc(OC(F)F)c1.Cl. The van der Waals surface area contributed by atoms with Crippen molar-refractivity contribution in [1.29, 1.82) is 0 Å². The molecule has 2 rings (SSSR count). The summed E-state index contributed by atoms with van der Waals surface area (Å²) in [5.41, 5.74) is 6.91. The first-order valence-corrected chi connectivity index (χ1v) is 7.09. The lowest BCUT2D eigenvalue weighted by atomic mass is 10.1. The molecular formula is C15H19ClF2N4O2. The highest BCUT2D eigenvalue weighted by atomic mass is 35.5. The van der Waals surface area contributed by atoms with Gasteiger partial charge in [-0.1, -0.05) is 12.1 Å². The van der Waals surface area contributed by atoms with Gasteiger partial charge in [0.15, 0.2) is 0 Å². The smallest absolute Gasteiger partial charge is 0.387 e.